The van der Waals surface area contributed by atoms with E-state index in [9.17, 15) is 0 Å². The van der Waals surface area contributed by atoms with Crippen LogP contribution >= 0.6 is 0 Å². The van der Waals surface area contributed by atoms with E-state index < -0.39 is 0 Å². The predicted molar refractivity (Wildman–Crippen MR) is 90.0 cm³/mol. The van der Waals surface area contributed by atoms with Crippen LogP contribution in [-0.4, -0.2) is 19.7 Å². The summed E-state index contributed by atoms with van der Waals surface area (Å²) in [5, 5.41) is 5.30. The molecule has 0 spiro atoms. The summed E-state index contributed by atoms with van der Waals surface area (Å²) in [5.74, 6) is 0. The molecule has 5 heteroatoms. The lowest BCUT2D eigenvalue weighted by Gasteiger charge is -2.06. The van der Waals surface area contributed by atoms with E-state index in [1.807, 2.05) is 56.0 Å². The first-order valence-corrected chi connectivity index (χ1v) is 7.19. The Labute approximate surface area is 133 Å². The highest BCUT2D eigenvalue weighted by molar-refractivity contribution is 6.04. The molecule has 3 aromatic heterocycles. The molecule has 5 nitrogen and oxygen atoms in total. The first-order valence-electron chi connectivity index (χ1n) is 7.19. The van der Waals surface area contributed by atoms with Crippen LogP contribution in [0.2, 0.25) is 0 Å². The number of nitrogens with zero attached hydrogens (tertiary/aromatic N) is 4. The van der Waals surface area contributed by atoms with E-state index in [2.05, 4.69) is 19.9 Å². The molecular weight excluding hydrogens is 286 g/mol. The smallest absolute Gasteiger partial charge is 0.187 e. The van der Waals surface area contributed by atoms with Gasteiger partial charge in [0.1, 0.15) is 5.65 Å². The molecule has 0 aliphatic carbocycles. The third-order valence-electron chi connectivity index (χ3n) is 3.88. The van der Waals surface area contributed by atoms with Crippen LogP contribution < -0.4 is 0 Å². The molecule has 1 aromatic carbocycles. The quantitative estimate of drug-likeness (QED) is 0.564. The minimum Gasteiger partial charge on any atom is -0.345 e. The molecule has 110 valence electrons. The Morgan fingerprint density at radius 2 is 2.09 bits per heavy atom. The molecule has 0 aliphatic rings. The standard InChI is InChI=1S/C18H13N5/c1-19-14-5-3-4-12(8-14)15-6-7-20-18-17(15)16(10-21-18)13-9-22-23(2)11-13/h3-11H,2H3,(H,20,21). The molecule has 4 aromatic rings. The molecule has 4 rings (SSSR count). The third-order valence-corrected chi connectivity index (χ3v) is 3.88. The topological polar surface area (TPSA) is 50.9 Å². The fraction of sp³-hybridized carbons (Fsp3) is 0.0556. The second-order valence-electron chi connectivity index (χ2n) is 5.35. The third kappa shape index (κ3) is 2.17. The Kier molecular flexibility index (Phi) is 2.95. The van der Waals surface area contributed by atoms with Gasteiger partial charge in [-0.25, -0.2) is 9.83 Å². The number of aromatic amines is 1. The molecule has 0 saturated heterocycles. The van der Waals surface area contributed by atoms with Gasteiger partial charge in [-0.3, -0.25) is 4.68 Å². The average Bonchev–Trinajstić information content (AvgIpc) is 3.20. The molecular formula is C18H13N5. The van der Waals surface area contributed by atoms with Gasteiger partial charge in [0.25, 0.3) is 0 Å². The van der Waals surface area contributed by atoms with Gasteiger partial charge in [0, 0.05) is 42.2 Å². The molecule has 3 heterocycles. The van der Waals surface area contributed by atoms with Gasteiger partial charge in [0.2, 0.25) is 0 Å². The monoisotopic (exact) mass is 299 g/mol. The largest absolute Gasteiger partial charge is 0.345 e. The van der Waals surface area contributed by atoms with Crippen molar-refractivity contribution >= 4 is 16.7 Å². The van der Waals surface area contributed by atoms with Crippen LogP contribution in [0.3, 0.4) is 0 Å². The van der Waals surface area contributed by atoms with Crippen molar-refractivity contribution in [1.82, 2.24) is 19.7 Å². The first kappa shape index (κ1) is 13.3. The van der Waals surface area contributed by atoms with Gasteiger partial charge in [-0.1, -0.05) is 18.2 Å². The van der Waals surface area contributed by atoms with Gasteiger partial charge in [-0.05, 0) is 23.3 Å². The Balaban J connectivity index is 2.00. The van der Waals surface area contributed by atoms with Crippen LogP contribution in [0.1, 0.15) is 0 Å². The van der Waals surface area contributed by atoms with E-state index in [4.69, 9.17) is 6.57 Å². The highest BCUT2D eigenvalue weighted by Gasteiger charge is 2.14. The molecule has 0 radical (unpaired) electrons. The van der Waals surface area contributed by atoms with Crippen molar-refractivity contribution in [2.45, 2.75) is 0 Å². The van der Waals surface area contributed by atoms with Gasteiger partial charge in [-0.2, -0.15) is 5.10 Å². The Morgan fingerprint density at radius 1 is 1.17 bits per heavy atom. The van der Waals surface area contributed by atoms with E-state index >= 15 is 0 Å². The zero-order valence-electron chi connectivity index (χ0n) is 12.5. The lowest BCUT2D eigenvalue weighted by Crippen LogP contribution is -1.85. The van der Waals surface area contributed by atoms with Crippen molar-refractivity contribution in [3.63, 3.8) is 0 Å². The summed E-state index contributed by atoms with van der Waals surface area (Å²) >= 11 is 0. The van der Waals surface area contributed by atoms with E-state index in [0.717, 1.165) is 33.3 Å². The van der Waals surface area contributed by atoms with Crippen molar-refractivity contribution in [2.24, 2.45) is 7.05 Å². The number of aromatic nitrogens is 4. The van der Waals surface area contributed by atoms with Crippen molar-refractivity contribution in [3.8, 4) is 22.3 Å². The van der Waals surface area contributed by atoms with Crippen molar-refractivity contribution in [2.75, 3.05) is 0 Å². The van der Waals surface area contributed by atoms with Gasteiger partial charge in [-0.15, -0.1) is 0 Å². The zero-order chi connectivity index (χ0) is 15.8. The number of fused-ring (bicyclic) bond motifs is 1. The summed E-state index contributed by atoms with van der Waals surface area (Å²) in [6.07, 6.45) is 7.56. The van der Waals surface area contributed by atoms with Crippen molar-refractivity contribution in [3.05, 3.63) is 66.5 Å². The Bertz CT molecular complexity index is 1050. The lowest BCUT2D eigenvalue weighted by atomic mass is 9.99. The number of hydrogen-bond acceptors (Lipinski definition) is 2. The molecule has 0 unspecified atom stereocenters. The van der Waals surface area contributed by atoms with Crippen LogP contribution in [-0.2, 0) is 7.05 Å². The number of rotatable bonds is 2. The van der Waals surface area contributed by atoms with E-state index in [-0.39, 0.29) is 0 Å². The predicted octanol–water partition coefficient (Wildman–Crippen LogP) is 4.18. The van der Waals surface area contributed by atoms with Crippen LogP contribution in [0.5, 0.6) is 0 Å². The molecule has 0 bridgehead atoms. The summed E-state index contributed by atoms with van der Waals surface area (Å²) in [7, 11) is 1.90. The van der Waals surface area contributed by atoms with Crippen LogP contribution in [0, 0.1) is 6.57 Å². The SMILES string of the molecule is [C-]#[N+]c1cccc(-c2ccnc3[nH]cc(-c4cnn(C)c4)c23)c1. The summed E-state index contributed by atoms with van der Waals surface area (Å²) in [6, 6.07) is 9.63. The summed E-state index contributed by atoms with van der Waals surface area (Å²) < 4.78 is 1.78. The molecule has 0 aliphatic heterocycles. The second-order valence-corrected chi connectivity index (χ2v) is 5.35. The first-order chi connectivity index (χ1) is 11.3. The molecule has 0 atom stereocenters. The summed E-state index contributed by atoms with van der Waals surface area (Å²) in [5.41, 5.74) is 5.62. The van der Waals surface area contributed by atoms with Crippen LogP contribution in [0.25, 0.3) is 38.1 Å². The van der Waals surface area contributed by atoms with E-state index in [0.29, 0.717) is 5.69 Å². The van der Waals surface area contributed by atoms with Crippen LogP contribution in [0.15, 0.2) is 55.1 Å². The second kappa shape index (κ2) is 5.11. The Hall–Kier alpha value is -3.39. The molecule has 0 fully saturated rings. The van der Waals surface area contributed by atoms with Crippen molar-refractivity contribution in [1.29, 1.82) is 0 Å². The number of hydrogen-bond donors (Lipinski definition) is 1. The molecule has 0 saturated carbocycles. The maximum Gasteiger partial charge on any atom is 0.187 e. The minimum atomic E-state index is 0.630. The van der Waals surface area contributed by atoms with E-state index in [1.54, 1.807) is 10.9 Å². The fourth-order valence-corrected chi connectivity index (χ4v) is 2.83. The van der Waals surface area contributed by atoms with Gasteiger partial charge in [0.15, 0.2) is 5.69 Å². The minimum absolute atomic E-state index is 0.630. The zero-order valence-corrected chi connectivity index (χ0v) is 12.5. The number of pyridine rings is 1. The van der Waals surface area contributed by atoms with Crippen LogP contribution in [0.4, 0.5) is 5.69 Å². The number of aryl methyl sites for hydroxylation is 1. The molecule has 23 heavy (non-hydrogen) atoms. The summed E-state index contributed by atoms with van der Waals surface area (Å²) in [6.45, 7) is 7.21. The number of nitrogens with one attached hydrogen (secondary N) is 1. The highest BCUT2D eigenvalue weighted by Crippen LogP contribution is 2.36. The highest BCUT2D eigenvalue weighted by atomic mass is 15.2. The normalized spacial score (nSPS) is 10.8. The van der Waals surface area contributed by atoms with E-state index in [1.165, 1.54) is 0 Å². The van der Waals surface area contributed by atoms with Gasteiger partial charge < -0.3 is 4.98 Å². The Morgan fingerprint density at radius 3 is 2.87 bits per heavy atom. The number of H-pyrrole nitrogens is 1. The maximum absolute atomic E-state index is 7.21. The summed E-state index contributed by atoms with van der Waals surface area (Å²) in [4.78, 5) is 11.2. The molecule has 0 amide bonds. The van der Waals surface area contributed by atoms with Crippen molar-refractivity contribution < 1.29 is 0 Å². The van der Waals surface area contributed by atoms with Gasteiger partial charge in [0.05, 0.1) is 12.8 Å². The average molecular weight is 299 g/mol. The molecule has 1 N–H and O–H groups in total. The fourth-order valence-electron chi connectivity index (χ4n) is 2.83. The van der Waals surface area contributed by atoms with Gasteiger partial charge >= 0.3 is 0 Å². The lowest BCUT2D eigenvalue weighted by molar-refractivity contribution is 0.768. The number of benzene rings is 1. The maximum atomic E-state index is 7.21.